The first kappa shape index (κ1) is 16.5. The Morgan fingerprint density at radius 2 is 1.95 bits per heavy atom. The molecule has 2 nitrogen and oxygen atoms in total. The molecule has 0 aliphatic carbocycles. The van der Waals surface area contributed by atoms with Gasteiger partial charge in [-0.1, -0.05) is 45.0 Å². The van der Waals surface area contributed by atoms with Gasteiger partial charge in [0.15, 0.2) is 0 Å². The predicted octanol–water partition coefficient (Wildman–Crippen LogP) is 4.02. The van der Waals surface area contributed by atoms with E-state index < -0.39 is 0 Å². The summed E-state index contributed by atoms with van der Waals surface area (Å²) in [5.41, 5.74) is 2.88. The first-order valence-electron chi connectivity index (χ1n) is 8.64. The van der Waals surface area contributed by atoms with Gasteiger partial charge in [-0.3, -0.25) is 4.90 Å². The molecule has 1 aliphatic heterocycles. The van der Waals surface area contributed by atoms with E-state index in [1.165, 1.54) is 43.4 Å². The lowest BCUT2D eigenvalue weighted by atomic mass is 9.99. The molecule has 1 N–H and O–H groups in total. The molecule has 118 valence electrons. The third kappa shape index (κ3) is 4.55. The quantitative estimate of drug-likeness (QED) is 0.815. The van der Waals surface area contributed by atoms with Gasteiger partial charge in [0.05, 0.1) is 0 Å². The molecule has 21 heavy (non-hydrogen) atoms. The highest BCUT2D eigenvalue weighted by Gasteiger charge is 2.25. The second-order valence-electron chi connectivity index (χ2n) is 6.88. The molecule has 1 aromatic carbocycles. The Hall–Kier alpha value is -0.860. The topological polar surface area (TPSA) is 15.3 Å². The number of nitrogens with one attached hydrogen (secondary N) is 1. The Morgan fingerprint density at radius 3 is 2.52 bits per heavy atom. The van der Waals surface area contributed by atoms with Crippen LogP contribution in [0.2, 0.25) is 0 Å². The van der Waals surface area contributed by atoms with Gasteiger partial charge < -0.3 is 5.32 Å². The SMILES string of the molecule is CCC1CCCN1CC(NC)c1ccc(CC(C)C)cc1. The first-order valence-corrected chi connectivity index (χ1v) is 8.64. The molecule has 0 aromatic heterocycles. The summed E-state index contributed by atoms with van der Waals surface area (Å²) in [5.74, 6) is 0.728. The average molecular weight is 288 g/mol. The summed E-state index contributed by atoms with van der Waals surface area (Å²) < 4.78 is 0. The summed E-state index contributed by atoms with van der Waals surface area (Å²) in [6.45, 7) is 9.28. The number of nitrogens with zero attached hydrogens (tertiary/aromatic N) is 1. The number of rotatable bonds is 7. The van der Waals surface area contributed by atoms with Crippen molar-refractivity contribution in [3.63, 3.8) is 0 Å². The van der Waals surface area contributed by atoms with Crippen LogP contribution in [0.25, 0.3) is 0 Å². The lowest BCUT2D eigenvalue weighted by molar-refractivity contribution is 0.224. The normalized spacial score (nSPS) is 21.1. The third-order valence-corrected chi connectivity index (χ3v) is 4.76. The monoisotopic (exact) mass is 288 g/mol. The van der Waals surface area contributed by atoms with Gasteiger partial charge >= 0.3 is 0 Å². The molecule has 1 fully saturated rings. The van der Waals surface area contributed by atoms with Crippen LogP contribution in [0.3, 0.4) is 0 Å². The standard InChI is InChI=1S/C19H32N2/c1-5-18-7-6-12-21(18)14-19(20-4)17-10-8-16(9-11-17)13-15(2)3/h8-11,15,18-20H,5-7,12-14H2,1-4H3. The molecule has 0 saturated carbocycles. The lowest BCUT2D eigenvalue weighted by Gasteiger charge is -2.28. The van der Waals surface area contributed by atoms with Crippen LogP contribution in [0.1, 0.15) is 57.2 Å². The average Bonchev–Trinajstić information content (AvgIpc) is 2.92. The van der Waals surface area contributed by atoms with Gasteiger partial charge in [-0.05, 0) is 56.3 Å². The molecule has 1 aromatic rings. The number of hydrogen-bond donors (Lipinski definition) is 1. The van der Waals surface area contributed by atoms with Gasteiger partial charge in [-0.2, -0.15) is 0 Å². The van der Waals surface area contributed by atoms with E-state index in [4.69, 9.17) is 0 Å². The Bertz CT molecular complexity index is 410. The maximum Gasteiger partial charge on any atom is 0.0446 e. The van der Waals surface area contributed by atoms with Gasteiger partial charge in [0.1, 0.15) is 0 Å². The van der Waals surface area contributed by atoms with E-state index in [2.05, 4.69) is 62.3 Å². The molecule has 2 unspecified atom stereocenters. The van der Waals surface area contributed by atoms with E-state index in [1.54, 1.807) is 0 Å². The van der Waals surface area contributed by atoms with E-state index in [-0.39, 0.29) is 0 Å². The molecule has 0 spiro atoms. The lowest BCUT2D eigenvalue weighted by Crippen LogP contribution is -2.36. The highest BCUT2D eigenvalue weighted by molar-refractivity contribution is 5.25. The molecule has 0 amide bonds. The molecule has 0 bridgehead atoms. The van der Waals surface area contributed by atoms with Crippen LogP contribution in [0.5, 0.6) is 0 Å². The van der Waals surface area contributed by atoms with Crippen molar-refractivity contribution in [3.8, 4) is 0 Å². The zero-order valence-electron chi connectivity index (χ0n) is 14.2. The zero-order chi connectivity index (χ0) is 15.2. The minimum Gasteiger partial charge on any atom is -0.312 e. The fourth-order valence-electron chi connectivity index (χ4n) is 3.55. The minimum atomic E-state index is 0.449. The van der Waals surface area contributed by atoms with Gasteiger partial charge in [-0.25, -0.2) is 0 Å². The van der Waals surface area contributed by atoms with Gasteiger partial charge in [0.25, 0.3) is 0 Å². The van der Waals surface area contributed by atoms with Crippen molar-refractivity contribution in [1.82, 2.24) is 10.2 Å². The van der Waals surface area contributed by atoms with E-state index in [9.17, 15) is 0 Å². The predicted molar refractivity (Wildman–Crippen MR) is 91.7 cm³/mol. The van der Waals surface area contributed by atoms with Crippen molar-refractivity contribution in [2.45, 2.75) is 58.5 Å². The van der Waals surface area contributed by atoms with E-state index in [0.717, 1.165) is 18.5 Å². The third-order valence-electron chi connectivity index (χ3n) is 4.76. The second kappa shape index (κ2) is 7.95. The summed E-state index contributed by atoms with van der Waals surface area (Å²) in [4.78, 5) is 2.67. The van der Waals surface area contributed by atoms with Crippen LogP contribution in [0.4, 0.5) is 0 Å². The zero-order valence-corrected chi connectivity index (χ0v) is 14.2. The molecule has 1 saturated heterocycles. The van der Waals surface area contributed by atoms with Gasteiger partial charge in [0.2, 0.25) is 0 Å². The van der Waals surface area contributed by atoms with E-state index >= 15 is 0 Å². The first-order chi connectivity index (χ1) is 10.1. The number of likely N-dealkylation sites (N-methyl/N-ethyl adjacent to an activating group) is 1. The number of benzene rings is 1. The molecule has 1 heterocycles. The van der Waals surface area contributed by atoms with Crippen LogP contribution in [-0.4, -0.2) is 31.1 Å². The number of likely N-dealkylation sites (tertiary alicyclic amines) is 1. The van der Waals surface area contributed by atoms with Crippen molar-refractivity contribution < 1.29 is 0 Å². The fraction of sp³-hybridized carbons (Fsp3) is 0.684. The van der Waals surface area contributed by atoms with Crippen LogP contribution < -0.4 is 5.32 Å². The Kier molecular flexibility index (Phi) is 6.25. The summed E-state index contributed by atoms with van der Waals surface area (Å²) in [5, 5.41) is 3.51. The molecular weight excluding hydrogens is 256 g/mol. The van der Waals surface area contributed by atoms with Crippen LogP contribution in [-0.2, 0) is 6.42 Å². The largest absolute Gasteiger partial charge is 0.312 e. The molecule has 2 atom stereocenters. The van der Waals surface area contributed by atoms with Crippen molar-refractivity contribution in [2.24, 2.45) is 5.92 Å². The Balaban J connectivity index is 2.00. The summed E-state index contributed by atoms with van der Waals surface area (Å²) >= 11 is 0. The molecule has 0 radical (unpaired) electrons. The Morgan fingerprint density at radius 1 is 1.24 bits per heavy atom. The molecular formula is C19H32N2. The highest BCUT2D eigenvalue weighted by atomic mass is 15.2. The highest BCUT2D eigenvalue weighted by Crippen LogP contribution is 2.24. The van der Waals surface area contributed by atoms with Gasteiger partial charge in [-0.15, -0.1) is 0 Å². The smallest absolute Gasteiger partial charge is 0.0446 e. The summed E-state index contributed by atoms with van der Waals surface area (Å²) in [6, 6.07) is 10.5. The van der Waals surface area contributed by atoms with Crippen molar-refractivity contribution in [2.75, 3.05) is 20.1 Å². The summed E-state index contributed by atoms with van der Waals surface area (Å²) in [6.07, 6.45) is 5.20. The van der Waals surface area contributed by atoms with Crippen molar-refractivity contribution in [1.29, 1.82) is 0 Å². The van der Waals surface area contributed by atoms with Gasteiger partial charge in [0, 0.05) is 18.6 Å². The fourth-order valence-corrected chi connectivity index (χ4v) is 3.55. The molecule has 2 heteroatoms. The Labute approximate surface area is 130 Å². The molecule has 1 aliphatic rings. The van der Waals surface area contributed by atoms with Crippen molar-refractivity contribution in [3.05, 3.63) is 35.4 Å². The van der Waals surface area contributed by atoms with Crippen LogP contribution in [0, 0.1) is 5.92 Å². The van der Waals surface area contributed by atoms with Crippen LogP contribution in [0.15, 0.2) is 24.3 Å². The maximum absolute atomic E-state index is 3.51. The molecule has 2 rings (SSSR count). The number of hydrogen-bond acceptors (Lipinski definition) is 2. The van der Waals surface area contributed by atoms with E-state index in [1.807, 2.05) is 0 Å². The second-order valence-corrected chi connectivity index (χ2v) is 6.88. The maximum atomic E-state index is 3.51. The minimum absolute atomic E-state index is 0.449. The van der Waals surface area contributed by atoms with E-state index in [0.29, 0.717) is 6.04 Å². The van der Waals surface area contributed by atoms with Crippen molar-refractivity contribution >= 4 is 0 Å². The van der Waals surface area contributed by atoms with Crippen LogP contribution >= 0.6 is 0 Å². The summed E-state index contributed by atoms with van der Waals surface area (Å²) in [7, 11) is 2.09.